The number of aromatic nitrogens is 2. The van der Waals surface area contributed by atoms with E-state index in [0.717, 1.165) is 33.5 Å². The molecule has 0 aliphatic rings. The summed E-state index contributed by atoms with van der Waals surface area (Å²) in [6.07, 6.45) is 0. The molecule has 0 saturated carbocycles. The van der Waals surface area contributed by atoms with Crippen molar-refractivity contribution in [2.75, 3.05) is 5.32 Å². The number of fused-ring (bicyclic) bond motifs is 1. The largest absolute Gasteiger partial charge is 0.322 e. The molecule has 0 spiro atoms. The summed E-state index contributed by atoms with van der Waals surface area (Å²) in [5.41, 5.74) is 6.32. The first-order valence-electron chi connectivity index (χ1n) is 10.2. The Kier molecular flexibility index (Phi) is 5.36. The fourth-order valence-corrected chi connectivity index (χ4v) is 3.74. The van der Waals surface area contributed by atoms with Crippen molar-refractivity contribution in [1.82, 2.24) is 9.97 Å². The van der Waals surface area contributed by atoms with Crippen molar-refractivity contribution in [3.05, 3.63) is 114 Å². The molecule has 0 radical (unpaired) electrons. The fourth-order valence-electron chi connectivity index (χ4n) is 3.55. The highest BCUT2D eigenvalue weighted by Crippen LogP contribution is 2.31. The summed E-state index contributed by atoms with van der Waals surface area (Å²) in [6.45, 7) is 0. The number of rotatable bonds is 4. The van der Waals surface area contributed by atoms with Crippen molar-refractivity contribution in [2.45, 2.75) is 0 Å². The molecule has 4 nitrogen and oxygen atoms in total. The molecular weight excluding hydrogens is 418 g/mol. The van der Waals surface area contributed by atoms with Gasteiger partial charge in [-0.05, 0) is 42.5 Å². The van der Waals surface area contributed by atoms with Crippen LogP contribution < -0.4 is 5.32 Å². The van der Waals surface area contributed by atoms with Crippen LogP contribution in [-0.4, -0.2) is 15.9 Å². The summed E-state index contributed by atoms with van der Waals surface area (Å²) in [4.78, 5) is 22.4. The van der Waals surface area contributed by atoms with Gasteiger partial charge in [-0.3, -0.25) is 4.79 Å². The summed E-state index contributed by atoms with van der Waals surface area (Å²) >= 11 is 6.01. The maximum absolute atomic E-state index is 12.7. The second-order valence-corrected chi connectivity index (χ2v) is 7.75. The van der Waals surface area contributed by atoms with Crippen LogP contribution >= 0.6 is 11.6 Å². The van der Waals surface area contributed by atoms with Crippen molar-refractivity contribution < 1.29 is 4.79 Å². The lowest BCUT2D eigenvalue weighted by Gasteiger charge is -2.11. The molecule has 1 N–H and O–H groups in total. The third kappa shape index (κ3) is 4.09. The number of hydrogen-bond donors (Lipinski definition) is 1. The Morgan fingerprint density at radius 1 is 0.656 bits per heavy atom. The number of amides is 1. The Hall–Kier alpha value is -4.02. The number of halogens is 1. The first-order chi connectivity index (χ1) is 15.7. The number of nitrogens with one attached hydrogen (secondary N) is 1. The highest BCUT2D eigenvalue weighted by atomic mass is 35.5. The highest BCUT2D eigenvalue weighted by molar-refractivity contribution is 6.31. The van der Waals surface area contributed by atoms with Gasteiger partial charge in [0.1, 0.15) is 0 Å². The van der Waals surface area contributed by atoms with Gasteiger partial charge < -0.3 is 5.32 Å². The average molecular weight is 436 g/mol. The van der Waals surface area contributed by atoms with E-state index in [2.05, 4.69) is 5.32 Å². The molecule has 0 fully saturated rings. The van der Waals surface area contributed by atoms with Crippen LogP contribution in [0.15, 0.2) is 103 Å². The molecule has 154 valence electrons. The van der Waals surface area contributed by atoms with Crippen LogP contribution in [0.4, 0.5) is 5.69 Å². The average Bonchev–Trinajstić information content (AvgIpc) is 2.84. The summed E-state index contributed by atoms with van der Waals surface area (Å²) in [5, 5.41) is 3.44. The van der Waals surface area contributed by atoms with E-state index in [1.54, 1.807) is 36.4 Å². The molecular formula is C27H18ClN3O. The molecule has 4 aromatic carbocycles. The van der Waals surface area contributed by atoms with Gasteiger partial charge in [0.05, 0.1) is 22.4 Å². The molecule has 5 aromatic rings. The Bertz CT molecular complexity index is 1420. The SMILES string of the molecule is O=C(Nc1cccc(Cl)c1)c1ccc(-c2nc3ccccc3nc2-c2ccccc2)cc1. The van der Waals surface area contributed by atoms with E-state index in [9.17, 15) is 4.79 Å². The summed E-state index contributed by atoms with van der Waals surface area (Å²) in [7, 11) is 0. The first kappa shape index (κ1) is 19.9. The van der Waals surface area contributed by atoms with E-state index >= 15 is 0 Å². The maximum Gasteiger partial charge on any atom is 0.255 e. The van der Waals surface area contributed by atoms with E-state index in [1.807, 2.05) is 66.7 Å². The number of nitrogens with zero attached hydrogens (tertiary/aromatic N) is 2. The molecule has 5 rings (SSSR count). The van der Waals surface area contributed by atoms with Crippen LogP contribution in [0.25, 0.3) is 33.5 Å². The van der Waals surface area contributed by atoms with Gasteiger partial charge in [-0.1, -0.05) is 72.3 Å². The smallest absolute Gasteiger partial charge is 0.255 e. The lowest BCUT2D eigenvalue weighted by atomic mass is 10.0. The molecule has 0 aliphatic heterocycles. The Morgan fingerprint density at radius 3 is 1.88 bits per heavy atom. The van der Waals surface area contributed by atoms with E-state index in [1.165, 1.54) is 0 Å². The molecule has 5 heteroatoms. The monoisotopic (exact) mass is 435 g/mol. The van der Waals surface area contributed by atoms with Gasteiger partial charge in [0.2, 0.25) is 0 Å². The van der Waals surface area contributed by atoms with Gasteiger partial charge in [0.25, 0.3) is 5.91 Å². The molecule has 0 unspecified atom stereocenters. The van der Waals surface area contributed by atoms with Crippen LogP contribution in [0.3, 0.4) is 0 Å². The Labute approximate surface area is 190 Å². The zero-order valence-corrected chi connectivity index (χ0v) is 17.8. The van der Waals surface area contributed by atoms with Crippen LogP contribution in [0.2, 0.25) is 5.02 Å². The molecule has 1 aromatic heterocycles. The minimum absolute atomic E-state index is 0.202. The maximum atomic E-state index is 12.7. The summed E-state index contributed by atoms with van der Waals surface area (Å²) in [6, 6.07) is 32.3. The number of anilines is 1. The molecule has 0 saturated heterocycles. The third-order valence-corrected chi connectivity index (χ3v) is 5.36. The van der Waals surface area contributed by atoms with Crippen molar-refractivity contribution in [3.63, 3.8) is 0 Å². The molecule has 0 bridgehead atoms. The van der Waals surface area contributed by atoms with Gasteiger partial charge in [-0.25, -0.2) is 9.97 Å². The van der Waals surface area contributed by atoms with Gasteiger partial charge >= 0.3 is 0 Å². The van der Waals surface area contributed by atoms with E-state index in [-0.39, 0.29) is 5.91 Å². The van der Waals surface area contributed by atoms with Gasteiger partial charge in [0.15, 0.2) is 0 Å². The van der Waals surface area contributed by atoms with E-state index < -0.39 is 0 Å². The molecule has 0 atom stereocenters. The minimum atomic E-state index is -0.202. The lowest BCUT2D eigenvalue weighted by Crippen LogP contribution is -2.11. The number of benzene rings is 4. The molecule has 32 heavy (non-hydrogen) atoms. The van der Waals surface area contributed by atoms with E-state index in [4.69, 9.17) is 21.6 Å². The van der Waals surface area contributed by atoms with E-state index in [0.29, 0.717) is 16.3 Å². The molecule has 0 aliphatic carbocycles. The van der Waals surface area contributed by atoms with Crippen LogP contribution in [0.5, 0.6) is 0 Å². The normalized spacial score (nSPS) is 10.8. The second kappa shape index (κ2) is 8.61. The zero-order valence-electron chi connectivity index (χ0n) is 17.0. The van der Waals surface area contributed by atoms with Gasteiger partial charge in [-0.2, -0.15) is 0 Å². The predicted octanol–water partition coefficient (Wildman–Crippen LogP) is 6.87. The van der Waals surface area contributed by atoms with Crippen molar-refractivity contribution in [1.29, 1.82) is 0 Å². The molecule has 1 amide bonds. The number of para-hydroxylation sites is 2. The van der Waals surface area contributed by atoms with Crippen LogP contribution in [0, 0.1) is 0 Å². The first-order valence-corrected chi connectivity index (χ1v) is 10.5. The number of carbonyl (C=O) groups excluding carboxylic acids is 1. The Balaban J connectivity index is 1.52. The fraction of sp³-hybridized carbons (Fsp3) is 0. The predicted molar refractivity (Wildman–Crippen MR) is 130 cm³/mol. The zero-order chi connectivity index (χ0) is 21.9. The number of hydrogen-bond acceptors (Lipinski definition) is 3. The third-order valence-electron chi connectivity index (χ3n) is 5.12. The second-order valence-electron chi connectivity index (χ2n) is 7.32. The quantitative estimate of drug-likeness (QED) is 0.335. The standard InChI is InChI=1S/C27H18ClN3O/c28-21-9-6-10-22(17-21)29-27(32)20-15-13-19(14-16-20)26-25(18-7-2-1-3-8-18)30-23-11-4-5-12-24(23)31-26/h1-17H,(H,29,32). The van der Waals surface area contributed by atoms with Gasteiger partial charge in [0, 0.05) is 27.4 Å². The minimum Gasteiger partial charge on any atom is -0.322 e. The summed E-state index contributed by atoms with van der Waals surface area (Å²) < 4.78 is 0. The topological polar surface area (TPSA) is 54.9 Å². The summed E-state index contributed by atoms with van der Waals surface area (Å²) in [5.74, 6) is -0.202. The highest BCUT2D eigenvalue weighted by Gasteiger charge is 2.14. The van der Waals surface area contributed by atoms with Crippen molar-refractivity contribution in [2.24, 2.45) is 0 Å². The number of carbonyl (C=O) groups is 1. The lowest BCUT2D eigenvalue weighted by molar-refractivity contribution is 0.102. The van der Waals surface area contributed by atoms with Crippen LogP contribution in [-0.2, 0) is 0 Å². The van der Waals surface area contributed by atoms with Crippen LogP contribution in [0.1, 0.15) is 10.4 Å². The van der Waals surface area contributed by atoms with Gasteiger partial charge in [-0.15, -0.1) is 0 Å². The van der Waals surface area contributed by atoms with Crippen molar-refractivity contribution in [3.8, 4) is 22.5 Å². The molecule has 1 heterocycles. The van der Waals surface area contributed by atoms with Crippen molar-refractivity contribution >= 4 is 34.2 Å². The Morgan fingerprint density at radius 2 is 1.25 bits per heavy atom.